The van der Waals surface area contributed by atoms with Crippen molar-refractivity contribution in [2.24, 2.45) is 0 Å². The van der Waals surface area contributed by atoms with Crippen LogP contribution in [0.4, 0.5) is 4.79 Å². The summed E-state index contributed by atoms with van der Waals surface area (Å²) in [6.45, 7) is 2.72. The van der Waals surface area contributed by atoms with E-state index in [4.69, 9.17) is 0 Å². The van der Waals surface area contributed by atoms with Crippen molar-refractivity contribution in [3.8, 4) is 10.4 Å². The molecule has 1 saturated heterocycles. The minimum absolute atomic E-state index is 0.199. The monoisotopic (exact) mass is 384 g/mol. The maximum Gasteiger partial charge on any atom is 0.324 e. The van der Waals surface area contributed by atoms with Crippen LogP contribution in [0.15, 0.2) is 47.8 Å². The number of aromatic nitrogens is 2. The Kier molecular flexibility index (Phi) is 4.60. The topological polar surface area (TPSA) is 75.2 Å². The fraction of sp³-hybridized carbons (Fsp3) is 0.222. The Morgan fingerprint density at radius 3 is 2.85 bits per heavy atom. The summed E-state index contributed by atoms with van der Waals surface area (Å²) >= 11 is 2.96. The molecule has 6 nitrogen and oxygen atoms in total. The van der Waals surface area contributed by atoms with E-state index in [0.29, 0.717) is 13.1 Å². The Bertz CT molecular complexity index is 974. The van der Waals surface area contributed by atoms with Crippen molar-refractivity contribution in [1.82, 2.24) is 20.2 Å². The van der Waals surface area contributed by atoms with Crippen LogP contribution in [0.5, 0.6) is 0 Å². The molecule has 132 valence electrons. The summed E-state index contributed by atoms with van der Waals surface area (Å²) in [5, 5.41) is 3.94. The number of hydrogen-bond donors (Lipinski definition) is 1. The van der Waals surface area contributed by atoms with Gasteiger partial charge >= 0.3 is 6.03 Å². The van der Waals surface area contributed by atoms with Crippen molar-refractivity contribution >= 4 is 45.3 Å². The number of carbonyl (C=O) groups excluding carboxylic acids is 2. The lowest BCUT2D eigenvalue weighted by molar-refractivity contribution is -0.126. The Hall–Kier alpha value is -2.45. The van der Waals surface area contributed by atoms with Crippen molar-refractivity contribution in [2.45, 2.75) is 17.2 Å². The number of imide groups is 1. The molecule has 1 atom stereocenters. The number of fused-ring (bicyclic) bond motifs is 1. The van der Waals surface area contributed by atoms with Gasteiger partial charge in [0.05, 0.1) is 5.25 Å². The maximum atomic E-state index is 12.5. The average molecular weight is 384 g/mol. The Morgan fingerprint density at radius 1 is 1.31 bits per heavy atom. The fourth-order valence-corrected chi connectivity index (χ4v) is 4.81. The minimum Gasteiger partial charge on any atom is -0.336 e. The Balaban J connectivity index is 1.61. The molecule has 4 rings (SSSR count). The maximum absolute atomic E-state index is 12.5. The van der Waals surface area contributed by atoms with Gasteiger partial charge in [0, 0.05) is 23.4 Å². The van der Waals surface area contributed by atoms with Gasteiger partial charge in [-0.2, -0.15) is 0 Å². The highest BCUT2D eigenvalue weighted by Crippen LogP contribution is 2.37. The second-order valence-electron chi connectivity index (χ2n) is 5.86. The molecule has 0 bridgehead atoms. The smallest absolute Gasteiger partial charge is 0.324 e. The first-order valence-corrected chi connectivity index (χ1v) is 9.89. The van der Waals surface area contributed by atoms with Crippen molar-refractivity contribution in [3.05, 3.63) is 42.7 Å². The molecule has 3 amide bonds. The third-order valence-corrected chi connectivity index (χ3v) is 6.31. The van der Waals surface area contributed by atoms with Crippen molar-refractivity contribution in [3.63, 3.8) is 0 Å². The number of nitrogens with one attached hydrogen (secondary N) is 1. The second kappa shape index (κ2) is 7.05. The van der Waals surface area contributed by atoms with Crippen LogP contribution in [0.1, 0.15) is 6.92 Å². The molecule has 26 heavy (non-hydrogen) atoms. The van der Waals surface area contributed by atoms with Gasteiger partial charge in [0.1, 0.15) is 16.2 Å². The molecular formula is C18H16N4O2S2. The quantitative estimate of drug-likeness (QED) is 0.551. The Labute approximate surface area is 158 Å². The summed E-state index contributed by atoms with van der Waals surface area (Å²) in [7, 11) is 0. The van der Waals surface area contributed by atoms with E-state index in [2.05, 4.69) is 33.5 Å². The lowest BCUT2D eigenvalue weighted by atomic mass is 10.2. The summed E-state index contributed by atoms with van der Waals surface area (Å²) in [5.41, 5.74) is 1.13. The molecular weight excluding hydrogens is 368 g/mol. The predicted octanol–water partition coefficient (Wildman–Crippen LogP) is 3.39. The summed E-state index contributed by atoms with van der Waals surface area (Å²) in [5.74, 6) is -0.199. The SMILES string of the molecule is C[C@@H](Sc1ncnc2sc(-c3ccccc3)cc12)C(=O)N1CCNC1=O. The molecule has 0 aliphatic carbocycles. The molecule has 8 heteroatoms. The van der Waals surface area contributed by atoms with E-state index < -0.39 is 5.25 Å². The van der Waals surface area contributed by atoms with E-state index >= 15 is 0 Å². The summed E-state index contributed by atoms with van der Waals surface area (Å²) < 4.78 is 0. The lowest BCUT2D eigenvalue weighted by Crippen LogP contribution is -2.38. The molecule has 3 heterocycles. The van der Waals surface area contributed by atoms with Crippen LogP contribution in [0.2, 0.25) is 0 Å². The largest absolute Gasteiger partial charge is 0.336 e. The van der Waals surface area contributed by atoms with Gasteiger partial charge in [-0.3, -0.25) is 9.69 Å². The number of thiophene rings is 1. The summed E-state index contributed by atoms with van der Waals surface area (Å²) in [6, 6.07) is 11.9. The highest BCUT2D eigenvalue weighted by atomic mass is 32.2. The van der Waals surface area contributed by atoms with Gasteiger partial charge in [-0.1, -0.05) is 42.1 Å². The number of benzene rings is 1. The van der Waals surface area contributed by atoms with Gasteiger partial charge < -0.3 is 5.32 Å². The summed E-state index contributed by atoms with van der Waals surface area (Å²) in [6.07, 6.45) is 1.52. The van der Waals surface area contributed by atoms with Gasteiger partial charge in [-0.05, 0) is 18.6 Å². The summed E-state index contributed by atoms with van der Waals surface area (Å²) in [4.78, 5) is 36.2. The minimum atomic E-state index is -0.406. The first kappa shape index (κ1) is 17.0. The fourth-order valence-electron chi connectivity index (χ4n) is 2.79. The van der Waals surface area contributed by atoms with E-state index in [1.807, 2.05) is 18.2 Å². The predicted molar refractivity (Wildman–Crippen MR) is 103 cm³/mol. The van der Waals surface area contributed by atoms with Crippen LogP contribution < -0.4 is 5.32 Å². The number of carbonyl (C=O) groups is 2. The van der Waals surface area contributed by atoms with Gasteiger partial charge in [-0.25, -0.2) is 14.8 Å². The highest BCUT2D eigenvalue weighted by Gasteiger charge is 2.30. The molecule has 1 aliphatic rings. The number of nitrogens with zero attached hydrogens (tertiary/aromatic N) is 3. The third kappa shape index (κ3) is 3.17. The normalized spacial score (nSPS) is 15.3. The zero-order valence-electron chi connectivity index (χ0n) is 14.0. The molecule has 1 N–H and O–H groups in total. The van der Waals surface area contributed by atoms with E-state index in [-0.39, 0.29) is 11.9 Å². The number of rotatable bonds is 4. The molecule has 1 aliphatic heterocycles. The van der Waals surface area contributed by atoms with Gasteiger partial charge in [-0.15, -0.1) is 11.3 Å². The Morgan fingerprint density at radius 2 is 2.12 bits per heavy atom. The number of hydrogen-bond acceptors (Lipinski definition) is 6. The molecule has 1 aromatic carbocycles. The van der Waals surface area contributed by atoms with Crippen LogP contribution in [-0.4, -0.2) is 45.1 Å². The number of thioether (sulfide) groups is 1. The molecule has 0 spiro atoms. The molecule has 0 unspecified atom stereocenters. The first-order chi connectivity index (χ1) is 12.6. The number of amides is 3. The average Bonchev–Trinajstić information content (AvgIpc) is 3.28. The molecule has 3 aromatic rings. The zero-order valence-corrected chi connectivity index (χ0v) is 15.6. The van der Waals surface area contributed by atoms with Crippen molar-refractivity contribution in [2.75, 3.05) is 13.1 Å². The number of urea groups is 1. The van der Waals surface area contributed by atoms with E-state index in [1.165, 1.54) is 23.0 Å². The van der Waals surface area contributed by atoms with Crippen LogP contribution in [0, 0.1) is 0 Å². The molecule has 0 saturated carbocycles. The van der Waals surface area contributed by atoms with E-state index in [9.17, 15) is 9.59 Å². The lowest BCUT2D eigenvalue weighted by Gasteiger charge is -2.17. The van der Waals surface area contributed by atoms with Crippen LogP contribution in [-0.2, 0) is 4.79 Å². The zero-order chi connectivity index (χ0) is 18.1. The second-order valence-corrected chi connectivity index (χ2v) is 8.22. The standard InChI is InChI=1S/C18H16N4O2S2/c1-11(17(23)22-8-7-19-18(22)24)25-15-13-9-14(12-5-3-2-4-6-12)26-16(13)21-10-20-15/h2-6,9-11H,7-8H2,1H3,(H,19,24)/t11-/m1/s1. The van der Waals surface area contributed by atoms with Crippen LogP contribution >= 0.6 is 23.1 Å². The molecule has 1 fully saturated rings. The van der Waals surface area contributed by atoms with Crippen LogP contribution in [0.3, 0.4) is 0 Å². The highest BCUT2D eigenvalue weighted by molar-refractivity contribution is 8.00. The first-order valence-electron chi connectivity index (χ1n) is 8.19. The van der Waals surface area contributed by atoms with Crippen LogP contribution in [0.25, 0.3) is 20.7 Å². The van der Waals surface area contributed by atoms with Gasteiger partial charge in [0.15, 0.2) is 0 Å². The van der Waals surface area contributed by atoms with Gasteiger partial charge in [0.25, 0.3) is 0 Å². The van der Waals surface area contributed by atoms with E-state index in [1.54, 1.807) is 18.3 Å². The van der Waals surface area contributed by atoms with E-state index in [0.717, 1.165) is 25.7 Å². The molecule has 2 aromatic heterocycles. The third-order valence-electron chi connectivity index (χ3n) is 4.11. The van der Waals surface area contributed by atoms with Gasteiger partial charge in [0.2, 0.25) is 5.91 Å². The van der Waals surface area contributed by atoms with Crippen molar-refractivity contribution < 1.29 is 9.59 Å². The molecule has 0 radical (unpaired) electrons. The van der Waals surface area contributed by atoms with Crippen molar-refractivity contribution in [1.29, 1.82) is 0 Å².